The molecule has 2 N–H and O–H groups in total. The first kappa shape index (κ1) is 11.4. The molecule has 1 nitrogen and oxygen atoms in total. The summed E-state index contributed by atoms with van der Waals surface area (Å²) in [4.78, 5) is 0. The van der Waals surface area contributed by atoms with Crippen LogP contribution in [0.4, 0.5) is 0 Å². The number of hydrogen-bond donors (Lipinski definition) is 1. The molecule has 0 bridgehead atoms. The van der Waals surface area contributed by atoms with E-state index in [9.17, 15) is 0 Å². The Morgan fingerprint density at radius 3 is 2.50 bits per heavy atom. The molecular weight excluding hydrogens is 194 g/mol. The summed E-state index contributed by atoms with van der Waals surface area (Å²) >= 11 is 0. The highest BCUT2D eigenvalue weighted by Crippen LogP contribution is 2.27. The Balaban J connectivity index is 2.09. The van der Waals surface area contributed by atoms with Crippen LogP contribution in [-0.2, 0) is 0 Å². The van der Waals surface area contributed by atoms with Gasteiger partial charge in [-0.25, -0.2) is 0 Å². The molecule has 0 saturated carbocycles. The van der Waals surface area contributed by atoms with Gasteiger partial charge in [-0.05, 0) is 31.2 Å². The van der Waals surface area contributed by atoms with Gasteiger partial charge in [0, 0.05) is 12.0 Å². The Morgan fingerprint density at radius 1 is 1.12 bits per heavy atom. The van der Waals surface area contributed by atoms with Crippen molar-refractivity contribution in [2.24, 2.45) is 5.73 Å². The molecule has 2 unspecified atom stereocenters. The SMILES string of the molecule is CC(c1ccccc1)C(N)C1=CCCCC1. The van der Waals surface area contributed by atoms with E-state index in [1.807, 2.05) is 0 Å². The summed E-state index contributed by atoms with van der Waals surface area (Å²) in [5, 5.41) is 0. The lowest BCUT2D eigenvalue weighted by atomic mass is 9.84. The van der Waals surface area contributed by atoms with Crippen LogP contribution in [0.1, 0.15) is 44.1 Å². The maximum absolute atomic E-state index is 6.36. The van der Waals surface area contributed by atoms with Crippen molar-refractivity contribution in [2.75, 3.05) is 0 Å². The lowest BCUT2D eigenvalue weighted by molar-refractivity contribution is 0.574. The molecule has 16 heavy (non-hydrogen) atoms. The third-order valence-corrected chi connectivity index (χ3v) is 3.62. The summed E-state index contributed by atoms with van der Waals surface area (Å²) < 4.78 is 0. The Bertz CT molecular complexity index is 353. The molecule has 1 aliphatic carbocycles. The molecule has 0 amide bonds. The van der Waals surface area contributed by atoms with E-state index in [0.29, 0.717) is 5.92 Å². The molecule has 0 heterocycles. The van der Waals surface area contributed by atoms with Gasteiger partial charge in [-0.2, -0.15) is 0 Å². The lowest BCUT2D eigenvalue weighted by Crippen LogP contribution is -2.29. The molecule has 2 atom stereocenters. The van der Waals surface area contributed by atoms with Crippen molar-refractivity contribution in [1.82, 2.24) is 0 Å². The van der Waals surface area contributed by atoms with Gasteiger partial charge >= 0.3 is 0 Å². The molecular formula is C15H21N. The number of hydrogen-bond acceptors (Lipinski definition) is 1. The highest BCUT2D eigenvalue weighted by Gasteiger charge is 2.19. The summed E-state index contributed by atoms with van der Waals surface area (Å²) in [6, 6.07) is 10.8. The summed E-state index contributed by atoms with van der Waals surface area (Å²) in [7, 11) is 0. The van der Waals surface area contributed by atoms with E-state index in [1.165, 1.54) is 36.8 Å². The van der Waals surface area contributed by atoms with Gasteiger partial charge in [-0.1, -0.05) is 48.9 Å². The molecule has 0 saturated heterocycles. The molecule has 86 valence electrons. The zero-order valence-corrected chi connectivity index (χ0v) is 10.0. The molecule has 0 spiro atoms. The molecule has 0 aromatic heterocycles. The van der Waals surface area contributed by atoms with Crippen molar-refractivity contribution in [1.29, 1.82) is 0 Å². The lowest BCUT2D eigenvalue weighted by Gasteiger charge is -2.25. The Morgan fingerprint density at radius 2 is 1.88 bits per heavy atom. The van der Waals surface area contributed by atoms with Gasteiger partial charge in [0.25, 0.3) is 0 Å². The minimum Gasteiger partial charge on any atom is -0.324 e. The molecule has 0 aliphatic heterocycles. The van der Waals surface area contributed by atoms with Crippen LogP contribution in [0.5, 0.6) is 0 Å². The van der Waals surface area contributed by atoms with Crippen molar-refractivity contribution >= 4 is 0 Å². The molecule has 1 aromatic carbocycles. The summed E-state index contributed by atoms with van der Waals surface area (Å²) in [5.41, 5.74) is 9.17. The van der Waals surface area contributed by atoms with Crippen molar-refractivity contribution < 1.29 is 0 Å². The zero-order valence-electron chi connectivity index (χ0n) is 10.0. The van der Waals surface area contributed by atoms with Gasteiger partial charge in [-0.15, -0.1) is 0 Å². The highest BCUT2D eigenvalue weighted by atomic mass is 14.7. The first-order valence-corrected chi connectivity index (χ1v) is 6.28. The average molecular weight is 215 g/mol. The van der Waals surface area contributed by atoms with Crippen LogP contribution >= 0.6 is 0 Å². The Labute approximate surface area is 98.4 Å². The molecule has 0 radical (unpaired) electrons. The fourth-order valence-electron chi connectivity index (χ4n) is 2.45. The largest absolute Gasteiger partial charge is 0.324 e. The van der Waals surface area contributed by atoms with Gasteiger partial charge in [0.05, 0.1) is 0 Å². The predicted octanol–water partition coefficient (Wildman–Crippen LogP) is 3.62. The van der Waals surface area contributed by atoms with Gasteiger partial charge < -0.3 is 5.73 Å². The smallest absolute Gasteiger partial charge is 0.0320 e. The second-order valence-corrected chi connectivity index (χ2v) is 4.75. The van der Waals surface area contributed by atoms with Crippen molar-refractivity contribution in [3.8, 4) is 0 Å². The summed E-state index contributed by atoms with van der Waals surface area (Å²) in [6.07, 6.45) is 7.40. The minimum absolute atomic E-state index is 0.197. The third kappa shape index (κ3) is 2.53. The topological polar surface area (TPSA) is 26.0 Å². The van der Waals surface area contributed by atoms with Crippen LogP contribution in [0, 0.1) is 0 Å². The highest BCUT2D eigenvalue weighted by molar-refractivity contribution is 5.26. The number of allylic oxidation sites excluding steroid dienone is 1. The standard InChI is InChI=1S/C15H21N/c1-12(13-8-4-2-5-9-13)15(16)14-10-6-3-7-11-14/h2,4-5,8-10,12,15H,3,6-7,11,16H2,1H3. The molecule has 1 aliphatic rings. The normalized spacial score (nSPS) is 20.0. The average Bonchev–Trinajstić information content (AvgIpc) is 2.39. The first-order valence-electron chi connectivity index (χ1n) is 6.28. The second kappa shape index (κ2) is 5.31. The van der Waals surface area contributed by atoms with E-state index >= 15 is 0 Å². The van der Waals surface area contributed by atoms with Crippen LogP contribution in [0.15, 0.2) is 42.0 Å². The number of benzene rings is 1. The summed E-state index contributed by atoms with van der Waals surface area (Å²) in [6.45, 7) is 2.23. The fourth-order valence-corrected chi connectivity index (χ4v) is 2.45. The Hall–Kier alpha value is -1.08. The second-order valence-electron chi connectivity index (χ2n) is 4.75. The van der Waals surface area contributed by atoms with Crippen molar-refractivity contribution in [2.45, 2.75) is 44.6 Å². The predicted molar refractivity (Wildman–Crippen MR) is 69.4 cm³/mol. The Kier molecular flexibility index (Phi) is 3.79. The van der Waals surface area contributed by atoms with Gasteiger partial charge in [0.1, 0.15) is 0 Å². The first-order chi connectivity index (χ1) is 7.79. The van der Waals surface area contributed by atoms with E-state index in [4.69, 9.17) is 5.73 Å². The van der Waals surface area contributed by atoms with Crippen LogP contribution in [-0.4, -0.2) is 6.04 Å². The minimum atomic E-state index is 0.197. The molecule has 0 fully saturated rings. The van der Waals surface area contributed by atoms with Crippen LogP contribution < -0.4 is 5.73 Å². The van der Waals surface area contributed by atoms with Gasteiger partial charge in [0.2, 0.25) is 0 Å². The molecule has 1 aromatic rings. The fraction of sp³-hybridized carbons (Fsp3) is 0.467. The number of rotatable bonds is 3. The van der Waals surface area contributed by atoms with E-state index in [2.05, 4.69) is 43.3 Å². The van der Waals surface area contributed by atoms with E-state index in [-0.39, 0.29) is 6.04 Å². The van der Waals surface area contributed by atoms with Gasteiger partial charge in [-0.3, -0.25) is 0 Å². The van der Waals surface area contributed by atoms with Crippen LogP contribution in [0.3, 0.4) is 0 Å². The van der Waals surface area contributed by atoms with E-state index in [1.54, 1.807) is 0 Å². The maximum Gasteiger partial charge on any atom is 0.0320 e. The summed E-state index contributed by atoms with van der Waals surface area (Å²) in [5.74, 6) is 0.422. The third-order valence-electron chi connectivity index (χ3n) is 3.62. The quantitative estimate of drug-likeness (QED) is 0.766. The maximum atomic E-state index is 6.36. The van der Waals surface area contributed by atoms with E-state index in [0.717, 1.165) is 0 Å². The molecule has 1 heteroatoms. The van der Waals surface area contributed by atoms with E-state index < -0.39 is 0 Å². The molecule has 2 rings (SSSR count). The van der Waals surface area contributed by atoms with Crippen LogP contribution in [0.25, 0.3) is 0 Å². The zero-order chi connectivity index (χ0) is 11.4. The van der Waals surface area contributed by atoms with Gasteiger partial charge in [0.15, 0.2) is 0 Å². The van der Waals surface area contributed by atoms with Crippen molar-refractivity contribution in [3.63, 3.8) is 0 Å². The van der Waals surface area contributed by atoms with Crippen LogP contribution in [0.2, 0.25) is 0 Å². The number of nitrogens with two attached hydrogens (primary N) is 1. The monoisotopic (exact) mass is 215 g/mol. The van der Waals surface area contributed by atoms with Crippen molar-refractivity contribution in [3.05, 3.63) is 47.5 Å².